The van der Waals surface area contributed by atoms with Crippen molar-refractivity contribution in [3.63, 3.8) is 0 Å². The molecule has 1 atom stereocenters. The standard InChI is InChI=1S/C14H25N3O2/c1-11(18)17-9-6-13(10-17)16-14(19)3-2-12-4-7-15-8-5-12/h12-13,15H,2-10H2,1H3,(H,16,19). The van der Waals surface area contributed by atoms with Crippen molar-refractivity contribution in [2.24, 2.45) is 5.92 Å². The second-order valence-corrected chi connectivity index (χ2v) is 5.75. The van der Waals surface area contributed by atoms with Gasteiger partial charge in [0.25, 0.3) is 0 Å². The summed E-state index contributed by atoms with van der Waals surface area (Å²) in [4.78, 5) is 24.9. The minimum atomic E-state index is 0.103. The predicted octanol–water partition coefficient (Wildman–Crippen LogP) is 0.503. The number of amides is 2. The van der Waals surface area contributed by atoms with E-state index >= 15 is 0 Å². The molecule has 2 aliphatic rings. The van der Waals surface area contributed by atoms with Crippen molar-refractivity contribution in [1.82, 2.24) is 15.5 Å². The fraction of sp³-hybridized carbons (Fsp3) is 0.857. The van der Waals surface area contributed by atoms with Gasteiger partial charge in [0.2, 0.25) is 11.8 Å². The number of rotatable bonds is 4. The Morgan fingerprint density at radius 3 is 2.63 bits per heavy atom. The van der Waals surface area contributed by atoms with Crippen LogP contribution in [0.1, 0.15) is 39.0 Å². The first-order valence-corrected chi connectivity index (χ1v) is 7.40. The molecule has 2 rings (SSSR count). The van der Waals surface area contributed by atoms with Gasteiger partial charge in [-0.15, -0.1) is 0 Å². The zero-order valence-electron chi connectivity index (χ0n) is 11.8. The minimum absolute atomic E-state index is 0.103. The second kappa shape index (κ2) is 6.89. The van der Waals surface area contributed by atoms with Crippen LogP contribution in [0.3, 0.4) is 0 Å². The SMILES string of the molecule is CC(=O)N1CCC(NC(=O)CCC2CCNCC2)C1. The molecular formula is C14H25N3O2. The molecule has 0 spiro atoms. The van der Waals surface area contributed by atoms with E-state index in [1.165, 1.54) is 12.8 Å². The van der Waals surface area contributed by atoms with E-state index in [2.05, 4.69) is 10.6 Å². The maximum Gasteiger partial charge on any atom is 0.220 e. The van der Waals surface area contributed by atoms with Crippen LogP contribution in [-0.2, 0) is 9.59 Å². The van der Waals surface area contributed by atoms with E-state index in [9.17, 15) is 9.59 Å². The normalized spacial score (nSPS) is 24.5. The molecule has 0 aromatic rings. The van der Waals surface area contributed by atoms with Crippen LogP contribution in [0.15, 0.2) is 0 Å². The summed E-state index contributed by atoms with van der Waals surface area (Å²) >= 11 is 0. The smallest absolute Gasteiger partial charge is 0.220 e. The molecule has 0 aromatic carbocycles. The van der Waals surface area contributed by atoms with Crippen LogP contribution in [-0.4, -0.2) is 48.9 Å². The van der Waals surface area contributed by atoms with Crippen LogP contribution in [0.2, 0.25) is 0 Å². The van der Waals surface area contributed by atoms with Crippen molar-refractivity contribution >= 4 is 11.8 Å². The van der Waals surface area contributed by atoms with Crippen LogP contribution in [0.25, 0.3) is 0 Å². The molecular weight excluding hydrogens is 242 g/mol. The molecule has 2 fully saturated rings. The molecule has 5 heteroatoms. The second-order valence-electron chi connectivity index (χ2n) is 5.75. The highest BCUT2D eigenvalue weighted by Gasteiger charge is 2.25. The monoisotopic (exact) mass is 267 g/mol. The summed E-state index contributed by atoms with van der Waals surface area (Å²) in [6, 6.07) is 0.157. The van der Waals surface area contributed by atoms with Crippen molar-refractivity contribution in [2.75, 3.05) is 26.2 Å². The van der Waals surface area contributed by atoms with Gasteiger partial charge in [-0.1, -0.05) is 0 Å². The van der Waals surface area contributed by atoms with Crippen LogP contribution < -0.4 is 10.6 Å². The first-order valence-electron chi connectivity index (χ1n) is 7.40. The first-order chi connectivity index (χ1) is 9.15. The van der Waals surface area contributed by atoms with E-state index in [1.807, 2.05) is 0 Å². The average Bonchev–Trinajstić information content (AvgIpc) is 2.86. The van der Waals surface area contributed by atoms with Crippen LogP contribution in [0.4, 0.5) is 0 Å². The Bertz CT molecular complexity index is 327. The maximum absolute atomic E-state index is 11.9. The summed E-state index contributed by atoms with van der Waals surface area (Å²) in [5.41, 5.74) is 0. The van der Waals surface area contributed by atoms with Gasteiger partial charge in [0, 0.05) is 32.5 Å². The van der Waals surface area contributed by atoms with Crippen LogP contribution in [0, 0.1) is 5.92 Å². The van der Waals surface area contributed by atoms with E-state index < -0.39 is 0 Å². The van der Waals surface area contributed by atoms with Crippen molar-refractivity contribution in [1.29, 1.82) is 0 Å². The molecule has 19 heavy (non-hydrogen) atoms. The van der Waals surface area contributed by atoms with Crippen LogP contribution >= 0.6 is 0 Å². The third-order valence-corrected chi connectivity index (χ3v) is 4.24. The third kappa shape index (κ3) is 4.49. The first kappa shape index (κ1) is 14.3. The van der Waals surface area contributed by atoms with Gasteiger partial charge < -0.3 is 15.5 Å². The van der Waals surface area contributed by atoms with Gasteiger partial charge in [0.1, 0.15) is 0 Å². The zero-order valence-corrected chi connectivity index (χ0v) is 11.8. The van der Waals surface area contributed by atoms with E-state index in [4.69, 9.17) is 0 Å². The number of nitrogens with one attached hydrogen (secondary N) is 2. The Morgan fingerprint density at radius 1 is 1.26 bits per heavy atom. The quantitative estimate of drug-likeness (QED) is 0.780. The van der Waals surface area contributed by atoms with E-state index in [0.717, 1.165) is 32.5 Å². The number of carbonyl (C=O) groups is 2. The molecule has 5 nitrogen and oxygen atoms in total. The number of hydrogen-bond donors (Lipinski definition) is 2. The van der Waals surface area contributed by atoms with E-state index in [-0.39, 0.29) is 17.9 Å². The molecule has 0 bridgehead atoms. The van der Waals surface area contributed by atoms with Crippen molar-refractivity contribution < 1.29 is 9.59 Å². The highest BCUT2D eigenvalue weighted by molar-refractivity contribution is 5.77. The Hall–Kier alpha value is -1.10. The maximum atomic E-state index is 11.9. The number of nitrogens with zero attached hydrogens (tertiary/aromatic N) is 1. The molecule has 2 saturated heterocycles. The Morgan fingerprint density at radius 2 is 2.00 bits per heavy atom. The molecule has 1 unspecified atom stereocenters. The highest BCUT2D eigenvalue weighted by Crippen LogP contribution is 2.18. The lowest BCUT2D eigenvalue weighted by Gasteiger charge is -2.22. The van der Waals surface area contributed by atoms with Gasteiger partial charge in [-0.3, -0.25) is 9.59 Å². The molecule has 2 amide bonds. The lowest BCUT2D eigenvalue weighted by molar-refractivity contribution is -0.128. The molecule has 0 aliphatic carbocycles. The largest absolute Gasteiger partial charge is 0.352 e. The van der Waals surface area contributed by atoms with Gasteiger partial charge in [-0.05, 0) is 44.7 Å². The molecule has 0 aromatic heterocycles. The summed E-state index contributed by atoms with van der Waals surface area (Å²) in [6.07, 6.45) is 4.89. The molecule has 2 heterocycles. The third-order valence-electron chi connectivity index (χ3n) is 4.24. The topological polar surface area (TPSA) is 61.4 Å². The van der Waals surface area contributed by atoms with Gasteiger partial charge in [0.15, 0.2) is 0 Å². The van der Waals surface area contributed by atoms with E-state index in [0.29, 0.717) is 18.9 Å². The Labute approximate surface area is 115 Å². The van der Waals surface area contributed by atoms with Crippen molar-refractivity contribution in [2.45, 2.75) is 45.1 Å². The van der Waals surface area contributed by atoms with Gasteiger partial charge in [-0.25, -0.2) is 0 Å². The highest BCUT2D eigenvalue weighted by atomic mass is 16.2. The van der Waals surface area contributed by atoms with Gasteiger partial charge in [-0.2, -0.15) is 0 Å². The lowest BCUT2D eigenvalue weighted by Crippen LogP contribution is -2.38. The van der Waals surface area contributed by atoms with Crippen molar-refractivity contribution in [3.05, 3.63) is 0 Å². The average molecular weight is 267 g/mol. The molecule has 0 radical (unpaired) electrons. The fourth-order valence-corrected chi connectivity index (χ4v) is 2.97. The van der Waals surface area contributed by atoms with Gasteiger partial charge >= 0.3 is 0 Å². The number of carbonyl (C=O) groups excluding carboxylic acids is 2. The summed E-state index contributed by atoms with van der Waals surface area (Å²) in [7, 11) is 0. The lowest BCUT2D eigenvalue weighted by atomic mass is 9.93. The molecule has 2 N–H and O–H groups in total. The zero-order chi connectivity index (χ0) is 13.7. The summed E-state index contributed by atoms with van der Waals surface area (Å²) < 4.78 is 0. The Balaban J connectivity index is 1.63. The summed E-state index contributed by atoms with van der Waals surface area (Å²) in [5.74, 6) is 0.949. The summed E-state index contributed by atoms with van der Waals surface area (Å²) in [5, 5.41) is 6.39. The molecule has 2 aliphatic heterocycles. The van der Waals surface area contributed by atoms with E-state index in [1.54, 1.807) is 11.8 Å². The number of likely N-dealkylation sites (tertiary alicyclic amines) is 1. The minimum Gasteiger partial charge on any atom is -0.352 e. The molecule has 108 valence electrons. The van der Waals surface area contributed by atoms with Gasteiger partial charge in [0.05, 0.1) is 0 Å². The summed E-state index contributed by atoms with van der Waals surface area (Å²) in [6.45, 7) is 5.20. The fourth-order valence-electron chi connectivity index (χ4n) is 2.97. The number of piperidine rings is 1. The predicted molar refractivity (Wildman–Crippen MR) is 73.6 cm³/mol. The van der Waals surface area contributed by atoms with Crippen molar-refractivity contribution in [3.8, 4) is 0 Å². The number of hydrogen-bond acceptors (Lipinski definition) is 3. The van der Waals surface area contributed by atoms with Crippen LogP contribution in [0.5, 0.6) is 0 Å². The molecule has 0 saturated carbocycles. The Kier molecular flexibility index (Phi) is 5.19.